The molecule has 116 valence electrons. The summed E-state index contributed by atoms with van der Waals surface area (Å²) in [5.74, 6) is 3.04. The van der Waals surface area contributed by atoms with Gasteiger partial charge >= 0.3 is 0 Å². The van der Waals surface area contributed by atoms with Gasteiger partial charge in [-0.15, -0.1) is 10.2 Å². The number of rotatable bonds is 3. The molecule has 0 radical (unpaired) electrons. The van der Waals surface area contributed by atoms with Crippen molar-refractivity contribution in [2.45, 2.75) is 70.5 Å². The van der Waals surface area contributed by atoms with Crippen LogP contribution in [0.15, 0.2) is 4.99 Å². The van der Waals surface area contributed by atoms with E-state index >= 15 is 0 Å². The summed E-state index contributed by atoms with van der Waals surface area (Å²) in [6.07, 6.45) is 10.0. The number of fused-ring (bicyclic) bond motifs is 1. The van der Waals surface area contributed by atoms with Crippen molar-refractivity contribution in [3.05, 3.63) is 11.6 Å². The Balaban J connectivity index is 1.54. The molecule has 1 saturated carbocycles. The van der Waals surface area contributed by atoms with Crippen LogP contribution in [-0.4, -0.2) is 33.8 Å². The van der Waals surface area contributed by atoms with E-state index in [-0.39, 0.29) is 0 Å². The number of guanidine groups is 1. The van der Waals surface area contributed by atoms with Gasteiger partial charge in [0.2, 0.25) is 0 Å². The number of nitrogens with zero attached hydrogens (tertiary/aromatic N) is 4. The smallest absolute Gasteiger partial charge is 0.191 e. The molecule has 0 bridgehead atoms. The average Bonchev–Trinajstić information content (AvgIpc) is 2.96. The molecule has 2 N–H and O–H groups in total. The molecular formula is C15H26N6. The van der Waals surface area contributed by atoms with Crippen LogP contribution in [0.5, 0.6) is 0 Å². The van der Waals surface area contributed by atoms with Crippen LogP contribution in [-0.2, 0) is 19.5 Å². The quantitative estimate of drug-likeness (QED) is 0.655. The Kier molecular flexibility index (Phi) is 4.72. The monoisotopic (exact) mass is 290 g/mol. The van der Waals surface area contributed by atoms with Gasteiger partial charge in [-0.2, -0.15) is 0 Å². The second-order valence-corrected chi connectivity index (χ2v) is 6.05. The minimum atomic E-state index is 0.567. The lowest BCUT2D eigenvalue weighted by atomic mass is 9.96. The summed E-state index contributed by atoms with van der Waals surface area (Å²) < 4.78 is 2.25. The lowest BCUT2D eigenvalue weighted by molar-refractivity contribution is 0.409. The first-order valence-corrected chi connectivity index (χ1v) is 8.25. The predicted octanol–water partition coefficient (Wildman–Crippen LogP) is 1.61. The van der Waals surface area contributed by atoms with Gasteiger partial charge in [-0.1, -0.05) is 19.3 Å². The van der Waals surface area contributed by atoms with Gasteiger partial charge in [0.15, 0.2) is 11.8 Å². The zero-order valence-electron chi connectivity index (χ0n) is 12.9. The summed E-state index contributed by atoms with van der Waals surface area (Å²) in [5.41, 5.74) is 0. The molecule has 6 nitrogen and oxygen atoms in total. The fourth-order valence-corrected chi connectivity index (χ4v) is 3.30. The molecule has 0 aromatic carbocycles. The van der Waals surface area contributed by atoms with Gasteiger partial charge in [0.25, 0.3) is 0 Å². The Labute approximate surface area is 126 Å². The highest BCUT2D eigenvalue weighted by Gasteiger charge is 2.17. The van der Waals surface area contributed by atoms with Gasteiger partial charge in [-0.05, 0) is 25.7 Å². The molecule has 2 heterocycles. The van der Waals surface area contributed by atoms with Crippen molar-refractivity contribution in [3.8, 4) is 0 Å². The van der Waals surface area contributed by atoms with E-state index in [1.165, 1.54) is 44.9 Å². The standard InChI is InChI=1S/C15H26N6/c1-16-15(18-12-7-3-2-4-8-12)17-11-14-20-19-13-9-5-6-10-21(13)14/h12H,2-11H2,1H3,(H2,16,17,18). The first-order chi connectivity index (χ1) is 10.4. The Morgan fingerprint density at radius 3 is 2.86 bits per heavy atom. The molecule has 0 amide bonds. The highest BCUT2D eigenvalue weighted by molar-refractivity contribution is 5.79. The van der Waals surface area contributed by atoms with Gasteiger partial charge in [-0.3, -0.25) is 4.99 Å². The van der Waals surface area contributed by atoms with Crippen molar-refractivity contribution in [3.63, 3.8) is 0 Å². The molecule has 21 heavy (non-hydrogen) atoms. The number of aromatic nitrogens is 3. The molecule has 1 aliphatic carbocycles. The predicted molar refractivity (Wildman–Crippen MR) is 83.2 cm³/mol. The first-order valence-electron chi connectivity index (χ1n) is 8.25. The third-order valence-electron chi connectivity index (χ3n) is 4.52. The highest BCUT2D eigenvalue weighted by atomic mass is 15.3. The van der Waals surface area contributed by atoms with E-state index in [0.717, 1.165) is 30.6 Å². The average molecular weight is 290 g/mol. The summed E-state index contributed by atoms with van der Waals surface area (Å²) in [6.45, 7) is 1.74. The third kappa shape index (κ3) is 3.54. The van der Waals surface area contributed by atoms with Crippen LogP contribution < -0.4 is 10.6 Å². The summed E-state index contributed by atoms with van der Waals surface area (Å²) in [4.78, 5) is 4.33. The van der Waals surface area contributed by atoms with E-state index in [4.69, 9.17) is 0 Å². The molecule has 0 spiro atoms. The zero-order valence-corrected chi connectivity index (χ0v) is 12.9. The fraction of sp³-hybridized carbons (Fsp3) is 0.800. The number of aryl methyl sites for hydroxylation is 1. The van der Waals surface area contributed by atoms with E-state index in [2.05, 4.69) is 30.4 Å². The van der Waals surface area contributed by atoms with E-state index in [9.17, 15) is 0 Å². The Bertz CT molecular complexity index is 486. The zero-order chi connectivity index (χ0) is 14.5. The van der Waals surface area contributed by atoms with Crippen LogP contribution >= 0.6 is 0 Å². The van der Waals surface area contributed by atoms with Gasteiger partial charge in [0, 0.05) is 26.1 Å². The lowest BCUT2D eigenvalue weighted by Gasteiger charge is -2.25. The Hall–Kier alpha value is -1.59. The van der Waals surface area contributed by atoms with E-state index in [1.54, 1.807) is 0 Å². The van der Waals surface area contributed by atoms with Crippen molar-refractivity contribution in [2.75, 3.05) is 7.05 Å². The maximum atomic E-state index is 4.33. The molecule has 1 aromatic rings. The van der Waals surface area contributed by atoms with Crippen LogP contribution in [0.2, 0.25) is 0 Å². The highest BCUT2D eigenvalue weighted by Crippen LogP contribution is 2.17. The van der Waals surface area contributed by atoms with Gasteiger partial charge in [0.1, 0.15) is 5.82 Å². The molecule has 2 aliphatic rings. The Morgan fingerprint density at radius 2 is 2.05 bits per heavy atom. The maximum absolute atomic E-state index is 4.33. The van der Waals surface area contributed by atoms with Crippen molar-refractivity contribution in [1.82, 2.24) is 25.4 Å². The van der Waals surface area contributed by atoms with Crippen molar-refractivity contribution in [1.29, 1.82) is 0 Å². The maximum Gasteiger partial charge on any atom is 0.191 e. The Morgan fingerprint density at radius 1 is 1.19 bits per heavy atom. The molecule has 1 aliphatic heterocycles. The summed E-state index contributed by atoms with van der Waals surface area (Å²) in [5, 5.41) is 15.5. The third-order valence-corrected chi connectivity index (χ3v) is 4.52. The lowest BCUT2D eigenvalue weighted by Crippen LogP contribution is -2.44. The molecule has 6 heteroatoms. The summed E-state index contributed by atoms with van der Waals surface area (Å²) in [6, 6.07) is 0.567. The largest absolute Gasteiger partial charge is 0.354 e. The second kappa shape index (κ2) is 6.91. The van der Waals surface area contributed by atoms with Crippen LogP contribution in [0.4, 0.5) is 0 Å². The SMILES string of the molecule is CN=C(NCc1nnc2n1CCCC2)NC1CCCCC1. The van der Waals surface area contributed by atoms with E-state index in [1.807, 2.05) is 7.05 Å². The number of aliphatic imine (C=N–C) groups is 1. The second-order valence-electron chi connectivity index (χ2n) is 6.05. The minimum absolute atomic E-state index is 0.567. The molecule has 3 rings (SSSR count). The van der Waals surface area contributed by atoms with Crippen LogP contribution in [0.3, 0.4) is 0 Å². The molecule has 1 aromatic heterocycles. The molecule has 0 saturated heterocycles. The van der Waals surface area contributed by atoms with Gasteiger partial charge in [0.05, 0.1) is 6.54 Å². The minimum Gasteiger partial charge on any atom is -0.354 e. The molecule has 1 fully saturated rings. The summed E-state index contributed by atoms with van der Waals surface area (Å²) in [7, 11) is 1.83. The van der Waals surface area contributed by atoms with Crippen molar-refractivity contribution in [2.24, 2.45) is 4.99 Å². The number of hydrogen-bond acceptors (Lipinski definition) is 3. The van der Waals surface area contributed by atoms with Gasteiger partial charge in [-0.25, -0.2) is 0 Å². The van der Waals surface area contributed by atoms with E-state index < -0.39 is 0 Å². The molecule has 0 atom stereocenters. The van der Waals surface area contributed by atoms with Crippen LogP contribution in [0.1, 0.15) is 56.6 Å². The topological polar surface area (TPSA) is 67.1 Å². The number of hydrogen-bond donors (Lipinski definition) is 2. The van der Waals surface area contributed by atoms with Gasteiger partial charge < -0.3 is 15.2 Å². The van der Waals surface area contributed by atoms with E-state index in [0.29, 0.717) is 12.6 Å². The number of nitrogens with one attached hydrogen (secondary N) is 2. The first kappa shape index (κ1) is 14.4. The summed E-state index contributed by atoms with van der Waals surface area (Å²) >= 11 is 0. The van der Waals surface area contributed by atoms with Crippen LogP contribution in [0, 0.1) is 0 Å². The van der Waals surface area contributed by atoms with Crippen molar-refractivity contribution < 1.29 is 0 Å². The molecular weight excluding hydrogens is 264 g/mol. The molecule has 0 unspecified atom stereocenters. The fourth-order valence-electron chi connectivity index (χ4n) is 3.30. The normalized spacial score (nSPS) is 20.1. The van der Waals surface area contributed by atoms with Crippen LogP contribution in [0.25, 0.3) is 0 Å². The van der Waals surface area contributed by atoms with Crippen molar-refractivity contribution >= 4 is 5.96 Å².